The molecule has 0 spiro atoms. The molecule has 0 saturated carbocycles. The number of hydrogen-bond donors (Lipinski definition) is 4. The van der Waals surface area contributed by atoms with Gasteiger partial charge >= 0.3 is 12.1 Å². The van der Waals surface area contributed by atoms with Gasteiger partial charge in [-0.2, -0.15) is 0 Å². The Kier molecular flexibility index (Phi) is 4.92. The van der Waals surface area contributed by atoms with Gasteiger partial charge in [0.05, 0.1) is 0 Å². The summed E-state index contributed by atoms with van der Waals surface area (Å²) in [7, 11) is 0. The van der Waals surface area contributed by atoms with Crippen LogP contribution in [0.1, 0.15) is 27.2 Å². The Morgan fingerprint density at radius 3 is 2.61 bits per heavy atom. The van der Waals surface area contributed by atoms with Crippen LogP contribution in [0, 0.1) is 0 Å². The molecule has 1 heterocycles. The van der Waals surface area contributed by atoms with Crippen molar-refractivity contribution in [1.29, 1.82) is 0 Å². The van der Waals surface area contributed by atoms with Crippen molar-refractivity contribution >= 4 is 12.1 Å². The summed E-state index contributed by atoms with van der Waals surface area (Å²) in [6.45, 7) is 6.53. The zero-order valence-electron chi connectivity index (χ0n) is 10.9. The Morgan fingerprint density at radius 1 is 1.50 bits per heavy atom. The van der Waals surface area contributed by atoms with Crippen LogP contribution in [0.5, 0.6) is 0 Å². The second-order valence-corrected chi connectivity index (χ2v) is 5.30. The lowest BCUT2D eigenvalue weighted by molar-refractivity contribution is -0.139. The molecule has 1 rings (SSSR count). The highest BCUT2D eigenvalue weighted by Gasteiger charge is 2.27. The van der Waals surface area contributed by atoms with E-state index >= 15 is 0 Å². The first-order chi connectivity index (χ1) is 8.28. The average molecular weight is 259 g/mol. The third kappa shape index (κ3) is 5.33. The van der Waals surface area contributed by atoms with Crippen LogP contribution in [-0.2, 0) is 9.53 Å². The fraction of sp³-hybridized carbons (Fsp3) is 0.818. The van der Waals surface area contributed by atoms with Crippen molar-refractivity contribution in [2.75, 3.05) is 13.2 Å². The molecular formula is C11H21N3O4. The molecule has 0 unspecified atom stereocenters. The lowest BCUT2D eigenvalue weighted by Gasteiger charge is -2.23. The van der Waals surface area contributed by atoms with Crippen molar-refractivity contribution in [1.82, 2.24) is 16.0 Å². The predicted octanol–water partition coefficient (Wildman–Crippen LogP) is -0.127. The molecule has 2 atom stereocenters. The van der Waals surface area contributed by atoms with Crippen LogP contribution < -0.4 is 16.0 Å². The highest BCUT2D eigenvalue weighted by atomic mass is 16.6. The number of rotatable bonds is 4. The minimum atomic E-state index is -1.06. The summed E-state index contributed by atoms with van der Waals surface area (Å²) < 4.78 is 5.03. The number of ether oxygens (including phenoxy) is 1. The lowest BCUT2D eigenvalue weighted by Crippen LogP contribution is -2.46. The van der Waals surface area contributed by atoms with E-state index in [-0.39, 0.29) is 6.04 Å². The standard InChI is InChI=1S/C11H21N3O4/c1-11(2,3)18-10(17)14-8(9(15)16)4-7-5-12-6-13-7/h7-8,12-13H,4-6H2,1-3H3,(H,14,17)(H,15,16)/t7-,8-/m1/s1. The molecule has 1 amide bonds. The molecule has 7 nitrogen and oxygen atoms in total. The SMILES string of the molecule is CC(C)(C)OC(=O)N[C@H](C[C@@H]1CNCN1)C(=O)O. The quantitative estimate of drug-likeness (QED) is 0.561. The molecule has 0 aromatic heterocycles. The van der Waals surface area contributed by atoms with Crippen molar-refractivity contribution in [2.24, 2.45) is 0 Å². The molecular weight excluding hydrogens is 238 g/mol. The monoisotopic (exact) mass is 259 g/mol. The molecule has 1 aliphatic rings. The number of nitrogens with one attached hydrogen (secondary N) is 3. The van der Waals surface area contributed by atoms with Crippen molar-refractivity contribution in [3.05, 3.63) is 0 Å². The van der Waals surface area contributed by atoms with Gasteiger partial charge in [0.1, 0.15) is 11.6 Å². The van der Waals surface area contributed by atoms with E-state index in [0.717, 1.165) is 0 Å². The molecule has 0 aromatic rings. The third-order valence-electron chi connectivity index (χ3n) is 2.42. The van der Waals surface area contributed by atoms with E-state index in [1.54, 1.807) is 20.8 Å². The first kappa shape index (κ1) is 14.7. The first-order valence-corrected chi connectivity index (χ1v) is 5.94. The van der Waals surface area contributed by atoms with Gasteiger partial charge in [-0.05, 0) is 27.2 Å². The number of carbonyl (C=O) groups excluding carboxylic acids is 1. The molecule has 1 fully saturated rings. The van der Waals surface area contributed by atoms with Gasteiger partial charge in [0.2, 0.25) is 0 Å². The molecule has 4 N–H and O–H groups in total. The highest BCUT2D eigenvalue weighted by molar-refractivity contribution is 5.80. The lowest BCUT2D eigenvalue weighted by atomic mass is 10.1. The fourth-order valence-corrected chi connectivity index (χ4v) is 1.66. The summed E-state index contributed by atoms with van der Waals surface area (Å²) in [4.78, 5) is 22.6. The van der Waals surface area contributed by atoms with Gasteiger partial charge in [-0.25, -0.2) is 9.59 Å². The normalized spacial score (nSPS) is 21.4. The molecule has 1 aliphatic heterocycles. The number of carboxylic acids is 1. The molecule has 18 heavy (non-hydrogen) atoms. The van der Waals surface area contributed by atoms with E-state index in [9.17, 15) is 9.59 Å². The van der Waals surface area contributed by atoms with Crippen LogP contribution in [0.25, 0.3) is 0 Å². The van der Waals surface area contributed by atoms with Crippen molar-refractivity contribution < 1.29 is 19.4 Å². The second kappa shape index (κ2) is 6.01. The Hall–Kier alpha value is -1.34. The van der Waals surface area contributed by atoms with E-state index in [4.69, 9.17) is 9.84 Å². The number of alkyl carbamates (subject to hydrolysis) is 1. The van der Waals surface area contributed by atoms with E-state index in [1.165, 1.54) is 0 Å². The van der Waals surface area contributed by atoms with Gasteiger partial charge < -0.3 is 25.8 Å². The van der Waals surface area contributed by atoms with Crippen LogP contribution >= 0.6 is 0 Å². The summed E-state index contributed by atoms with van der Waals surface area (Å²) in [5.74, 6) is -1.06. The summed E-state index contributed by atoms with van der Waals surface area (Å²) in [5.41, 5.74) is -0.639. The number of amides is 1. The maximum Gasteiger partial charge on any atom is 0.408 e. The summed E-state index contributed by atoms with van der Waals surface area (Å²) in [6, 6.07) is -0.904. The van der Waals surface area contributed by atoms with Gasteiger partial charge in [-0.15, -0.1) is 0 Å². The van der Waals surface area contributed by atoms with Gasteiger partial charge in [0, 0.05) is 19.3 Å². The average Bonchev–Trinajstić information content (AvgIpc) is 2.66. The number of carboxylic acid groups (broad SMARTS) is 1. The number of aliphatic carboxylic acids is 1. The van der Waals surface area contributed by atoms with E-state index in [0.29, 0.717) is 19.6 Å². The highest BCUT2D eigenvalue weighted by Crippen LogP contribution is 2.08. The van der Waals surface area contributed by atoms with Crippen LogP contribution in [0.3, 0.4) is 0 Å². The molecule has 0 aliphatic carbocycles. The zero-order chi connectivity index (χ0) is 13.8. The van der Waals surface area contributed by atoms with Gasteiger partial charge in [-0.1, -0.05) is 0 Å². The largest absolute Gasteiger partial charge is 0.480 e. The third-order valence-corrected chi connectivity index (χ3v) is 2.42. The van der Waals surface area contributed by atoms with Crippen molar-refractivity contribution in [2.45, 2.75) is 44.9 Å². The maximum absolute atomic E-state index is 11.5. The number of hydrogen-bond acceptors (Lipinski definition) is 5. The molecule has 0 bridgehead atoms. The first-order valence-electron chi connectivity index (χ1n) is 5.94. The predicted molar refractivity (Wildman–Crippen MR) is 65.2 cm³/mol. The Balaban J connectivity index is 2.46. The van der Waals surface area contributed by atoms with Crippen LogP contribution in [-0.4, -0.2) is 48.1 Å². The molecule has 0 radical (unpaired) electrons. The van der Waals surface area contributed by atoms with Gasteiger partial charge in [-0.3, -0.25) is 0 Å². The Labute approximate surface area is 106 Å². The minimum Gasteiger partial charge on any atom is -0.480 e. The summed E-state index contributed by atoms with van der Waals surface area (Å²) in [5, 5.41) is 17.6. The molecule has 0 aromatic carbocycles. The smallest absolute Gasteiger partial charge is 0.408 e. The van der Waals surface area contributed by atoms with Crippen LogP contribution in [0.4, 0.5) is 4.79 Å². The van der Waals surface area contributed by atoms with E-state index < -0.39 is 23.7 Å². The maximum atomic E-state index is 11.5. The Morgan fingerprint density at radius 2 is 2.17 bits per heavy atom. The van der Waals surface area contributed by atoms with Gasteiger partial charge in [0.25, 0.3) is 0 Å². The van der Waals surface area contributed by atoms with Crippen molar-refractivity contribution in [3.8, 4) is 0 Å². The van der Waals surface area contributed by atoms with E-state index in [1.807, 2.05) is 0 Å². The van der Waals surface area contributed by atoms with Crippen molar-refractivity contribution in [3.63, 3.8) is 0 Å². The number of carbonyl (C=O) groups is 2. The van der Waals surface area contributed by atoms with Gasteiger partial charge in [0.15, 0.2) is 0 Å². The molecule has 1 saturated heterocycles. The van der Waals surface area contributed by atoms with Crippen LogP contribution in [0.2, 0.25) is 0 Å². The topological polar surface area (TPSA) is 99.7 Å². The van der Waals surface area contributed by atoms with Crippen LogP contribution in [0.15, 0.2) is 0 Å². The summed E-state index contributed by atoms with van der Waals surface area (Å²) in [6.07, 6.45) is -0.387. The molecule has 7 heteroatoms. The Bertz CT molecular complexity index is 308. The minimum absolute atomic E-state index is 0.0426. The van der Waals surface area contributed by atoms with E-state index in [2.05, 4.69) is 16.0 Å². The fourth-order valence-electron chi connectivity index (χ4n) is 1.66. The zero-order valence-corrected chi connectivity index (χ0v) is 10.9. The second-order valence-electron chi connectivity index (χ2n) is 5.30. The summed E-state index contributed by atoms with van der Waals surface area (Å²) >= 11 is 0. The molecule has 104 valence electrons.